The average molecular weight is 458 g/mol. The maximum atomic E-state index is 13.1. The van der Waals surface area contributed by atoms with E-state index in [4.69, 9.17) is 4.74 Å². The molecular weight excluding hydrogens is 426 g/mol. The minimum absolute atomic E-state index is 0.323. The van der Waals surface area contributed by atoms with E-state index < -0.39 is 17.7 Å². The van der Waals surface area contributed by atoms with E-state index in [0.29, 0.717) is 12.1 Å². The van der Waals surface area contributed by atoms with E-state index in [9.17, 15) is 9.59 Å². The normalized spacial score (nSPS) is 12.2. The topological polar surface area (TPSA) is 80.3 Å². The molecule has 0 aliphatic carbocycles. The Kier molecular flexibility index (Phi) is 8.19. The van der Waals surface area contributed by atoms with Gasteiger partial charge in [0.15, 0.2) is 0 Å². The van der Waals surface area contributed by atoms with Crippen molar-refractivity contribution in [3.05, 3.63) is 95.3 Å². The number of hydrogen-bond acceptors (Lipinski definition) is 4. The molecule has 3 aromatic rings. The molecule has 2 N–H and O–H groups in total. The van der Waals surface area contributed by atoms with Crippen molar-refractivity contribution >= 4 is 29.8 Å². The number of hydrogen-bond donors (Lipinski definition) is 2. The van der Waals surface area contributed by atoms with E-state index in [-0.39, 0.29) is 5.91 Å². The molecule has 1 unspecified atom stereocenters. The summed E-state index contributed by atoms with van der Waals surface area (Å²) in [4.78, 5) is 30.0. The van der Waals surface area contributed by atoms with E-state index in [1.165, 1.54) is 0 Å². The van der Waals surface area contributed by atoms with Gasteiger partial charge in [0.1, 0.15) is 11.6 Å². The number of benzene rings is 2. The monoisotopic (exact) mass is 457 g/mol. The lowest BCUT2D eigenvalue weighted by Gasteiger charge is -2.23. The number of nitrogens with zero attached hydrogens (tertiary/aromatic N) is 1. The molecule has 2 amide bonds. The summed E-state index contributed by atoms with van der Waals surface area (Å²) in [5.74, 6) is -0.323. The number of alkyl carbamates (subject to hydrolysis) is 1. The summed E-state index contributed by atoms with van der Waals surface area (Å²) >= 11 is 0. The second-order valence-corrected chi connectivity index (χ2v) is 9.04. The molecule has 0 fully saturated rings. The minimum atomic E-state index is -0.798. The van der Waals surface area contributed by atoms with Crippen LogP contribution in [0.2, 0.25) is 0 Å². The largest absolute Gasteiger partial charge is 0.444 e. The number of nitrogens with one attached hydrogen (secondary N) is 2. The molecule has 6 nitrogen and oxygen atoms in total. The Bertz CT molecular complexity index is 1150. The third kappa shape index (κ3) is 8.20. The maximum Gasteiger partial charge on any atom is 0.408 e. The smallest absolute Gasteiger partial charge is 0.408 e. The van der Waals surface area contributed by atoms with Gasteiger partial charge in [-0.05, 0) is 69.2 Å². The fraction of sp³-hybridized carbons (Fsp3) is 0.250. The van der Waals surface area contributed by atoms with Crippen molar-refractivity contribution in [1.29, 1.82) is 0 Å². The number of amides is 2. The standard InChI is InChI=1S/C28H31N3O3/c1-20-10-8-14-23(29-20)17-16-22-13-9-15-24(18-22)30-26(32)25(19-21-11-6-5-7-12-21)31-27(33)34-28(2,3)4/h5-18,25H,19H2,1-4H3,(H,30,32)(H,31,33)/b17-16+. The molecule has 1 atom stereocenters. The van der Waals surface area contributed by atoms with Crippen LogP contribution in [0.25, 0.3) is 12.2 Å². The van der Waals surface area contributed by atoms with E-state index in [0.717, 1.165) is 22.5 Å². The third-order valence-electron chi connectivity index (χ3n) is 4.80. The van der Waals surface area contributed by atoms with Gasteiger partial charge in [-0.3, -0.25) is 9.78 Å². The zero-order valence-corrected chi connectivity index (χ0v) is 20.0. The van der Waals surface area contributed by atoms with Crippen molar-refractivity contribution < 1.29 is 14.3 Å². The van der Waals surface area contributed by atoms with Gasteiger partial charge in [0.05, 0.1) is 5.69 Å². The SMILES string of the molecule is Cc1cccc(/C=C/c2cccc(NC(=O)C(Cc3ccccc3)NC(=O)OC(C)(C)C)c2)n1. The molecule has 0 saturated carbocycles. The maximum absolute atomic E-state index is 13.1. The molecule has 3 rings (SSSR count). The van der Waals surface area contributed by atoms with E-state index in [1.807, 2.05) is 91.9 Å². The van der Waals surface area contributed by atoms with Gasteiger partial charge in [-0.1, -0.05) is 54.6 Å². The van der Waals surface area contributed by atoms with Crippen molar-refractivity contribution in [1.82, 2.24) is 10.3 Å². The Morgan fingerprint density at radius 1 is 0.971 bits per heavy atom. The lowest BCUT2D eigenvalue weighted by Crippen LogP contribution is -2.47. The van der Waals surface area contributed by atoms with Crippen LogP contribution in [0.4, 0.5) is 10.5 Å². The summed E-state index contributed by atoms with van der Waals surface area (Å²) in [6, 6.07) is 22.1. The second kappa shape index (κ2) is 11.3. The molecule has 34 heavy (non-hydrogen) atoms. The molecule has 0 spiro atoms. The number of ether oxygens (including phenoxy) is 1. The van der Waals surface area contributed by atoms with Gasteiger partial charge in [-0.25, -0.2) is 4.79 Å². The first-order valence-corrected chi connectivity index (χ1v) is 11.2. The lowest BCUT2D eigenvalue weighted by atomic mass is 10.1. The number of aromatic nitrogens is 1. The number of pyridine rings is 1. The van der Waals surface area contributed by atoms with Crippen LogP contribution in [0.15, 0.2) is 72.8 Å². The zero-order valence-electron chi connectivity index (χ0n) is 20.0. The summed E-state index contributed by atoms with van der Waals surface area (Å²) in [6.07, 6.45) is 3.57. The number of aryl methyl sites for hydroxylation is 1. The molecule has 2 aromatic carbocycles. The van der Waals surface area contributed by atoms with Crippen molar-refractivity contribution in [2.24, 2.45) is 0 Å². The molecule has 0 saturated heterocycles. The first-order valence-electron chi connectivity index (χ1n) is 11.2. The fourth-order valence-corrected chi connectivity index (χ4v) is 3.30. The summed E-state index contributed by atoms with van der Waals surface area (Å²) in [5.41, 5.74) is 3.63. The Hall–Kier alpha value is -3.93. The van der Waals surface area contributed by atoms with Gasteiger partial charge >= 0.3 is 6.09 Å². The summed E-state index contributed by atoms with van der Waals surface area (Å²) < 4.78 is 5.36. The molecular formula is C28H31N3O3. The first-order chi connectivity index (χ1) is 16.2. The third-order valence-corrected chi connectivity index (χ3v) is 4.80. The quantitative estimate of drug-likeness (QED) is 0.481. The van der Waals surface area contributed by atoms with Crippen molar-refractivity contribution in [2.45, 2.75) is 45.8 Å². The van der Waals surface area contributed by atoms with Crippen LogP contribution in [0.1, 0.15) is 43.3 Å². The minimum Gasteiger partial charge on any atom is -0.444 e. The Morgan fingerprint density at radius 2 is 1.71 bits per heavy atom. The van der Waals surface area contributed by atoms with Gasteiger partial charge in [0, 0.05) is 17.8 Å². The van der Waals surface area contributed by atoms with E-state index in [2.05, 4.69) is 15.6 Å². The predicted octanol–water partition coefficient (Wildman–Crippen LogP) is 5.63. The van der Waals surface area contributed by atoms with Gasteiger partial charge in [-0.2, -0.15) is 0 Å². The molecule has 0 aliphatic rings. The van der Waals surface area contributed by atoms with Crippen LogP contribution in [0.3, 0.4) is 0 Å². The molecule has 176 valence electrons. The van der Waals surface area contributed by atoms with Crippen LogP contribution in [-0.4, -0.2) is 28.6 Å². The first kappa shape index (κ1) is 24.7. The number of rotatable bonds is 7. The highest BCUT2D eigenvalue weighted by Crippen LogP contribution is 2.15. The van der Waals surface area contributed by atoms with Crippen LogP contribution in [0, 0.1) is 6.92 Å². The van der Waals surface area contributed by atoms with E-state index >= 15 is 0 Å². The molecule has 0 bridgehead atoms. The highest BCUT2D eigenvalue weighted by Gasteiger charge is 2.25. The van der Waals surface area contributed by atoms with E-state index in [1.54, 1.807) is 20.8 Å². The van der Waals surface area contributed by atoms with Crippen LogP contribution in [-0.2, 0) is 16.0 Å². The molecule has 0 radical (unpaired) electrons. The Balaban J connectivity index is 1.73. The van der Waals surface area contributed by atoms with Crippen molar-refractivity contribution in [2.75, 3.05) is 5.32 Å². The zero-order chi connectivity index (χ0) is 24.6. The van der Waals surface area contributed by atoms with Gasteiger partial charge < -0.3 is 15.4 Å². The van der Waals surface area contributed by atoms with Crippen molar-refractivity contribution in [3.63, 3.8) is 0 Å². The molecule has 1 heterocycles. The van der Waals surface area contributed by atoms with Gasteiger partial charge in [-0.15, -0.1) is 0 Å². The Morgan fingerprint density at radius 3 is 2.41 bits per heavy atom. The highest BCUT2D eigenvalue weighted by molar-refractivity contribution is 5.97. The Labute approximate surface area is 201 Å². The summed E-state index contributed by atoms with van der Waals surface area (Å²) in [5, 5.41) is 5.63. The molecule has 0 aliphatic heterocycles. The number of carbonyl (C=O) groups is 2. The van der Waals surface area contributed by atoms with Crippen LogP contribution < -0.4 is 10.6 Å². The molecule has 1 aromatic heterocycles. The molecule has 6 heteroatoms. The van der Waals surface area contributed by atoms with Crippen LogP contribution in [0.5, 0.6) is 0 Å². The lowest BCUT2D eigenvalue weighted by molar-refractivity contribution is -0.118. The van der Waals surface area contributed by atoms with Crippen LogP contribution >= 0.6 is 0 Å². The predicted molar refractivity (Wildman–Crippen MR) is 136 cm³/mol. The van der Waals surface area contributed by atoms with Gasteiger partial charge in [0.25, 0.3) is 0 Å². The van der Waals surface area contributed by atoms with Crippen molar-refractivity contribution in [3.8, 4) is 0 Å². The number of carbonyl (C=O) groups excluding carboxylic acids is 2. The van der Waals surface area contributed by atoms with Gasteiger partial charge in [0.2, 0.25) is 5.91 Å². The summed E-state index contributed by atoms with van der Waals surface area (Å²) in [7, 11) is 0. The fourth-order valence-electron chi connectivity index (χ4n) is 3.30. The number of anilines is 1. The average Bonchev–Trinajstić information content (AvgIpc) is 2.77. The summed E-state index contributed by atoms with van der Waals surface area (Å²) in [6.45, 7) is 7.29. The second-order valence-electron chi connectivity index (χ2n) is 9.04. The highest BCUT2D eigenvalue weighted by atomic mass is 16.6.